The molecule has 1 heterocycles. The Kier molecular flexibility index (Phi) is 7.63. The lowest BCUT2D eigenvalue weighted by Crippen LogP contribution is -2.41. The van der Waals surface area contributed by atoms with Gasteiger partial charge in [-0.15, -0.1) is 0 Å². The highest BCUT2D eigenvalue weighted by Gasteiger charge is 2.47. The van der Waals surface area contributed by atoms with Crippen LogP contribution in [0.5, 0.6) is 0 Å². The van der Waals surface area contributed by atoms with Crippen molar-refractivity contribution in [3.05, 3.63) is 75.8 Å². The average Bonchev–Trinajstić information content (AvgIpc) is 3.17. The minimum absolute atomic E-state index is 0.142. The second kappa shape index (κ2) is 10.2. The first-order valence-corrected chi connectivity index (χ1v) is 12.1. The fourth-order valence-corrected chi connectivity index (χ4v) is 6.14. The summed E-state index contributed by atoms with van der Waals surface area (Å²) in [7, 11) is -3.89. The van der Waals surface area contributed by atoms with Crippen LogP contribution >= 0.6 is 0 Å². The van der Waals surface area contributed by atoms with Gasteiger partial charge in [-0.3, -0.25) is 14.9 Å². The van der Waals surface area contributed by atoms with Crippen LogP contribution < -0.4 is 0 Å². The number of nitrogens with zero attached hydrogens (tertiary/aromatic N) is 2. The first-order valence-electron chi connectivity index (χ1n) is 10.6. The quantitative estimate of drug-likeness (QED) is 0.323. The number of sulfonamides is 1. The van der Waals surface area contributed by atoms with Crippen molar-refractivity contribution in [2.75, 3.05) is 19.7 Å². The summed E-state index contributed by atoms with van der Waals surface area (Å²) in [6, 6.07) is 14.9. The number of aryl methyl sites for hydroxylation is 1. The van der Waals surface area contributed by atoms with Gasteiger partial charge in [0.2, 0.25) is 16.6 Å². The molecule has 32 heavy (non-hydrogen) atoms. The van der Waals surface area contributed by atoms with Crippen LogP contribution in [0.2, 0.25) is 0 Å². The van der Waals surface area contributed by atoms with E-state index >= 15 is 0 Å². The first-order chi connectivity index (χ1) is 15.2. The number of carbonyl (C=O) groups excluding carboxylic acids is 1. The van der Waals surface area contributed by atoms with E-state index in [9.17, 15) is 23.3 Å². The lowest BCUT2D eigenvalue weighted by atomic mass is 9.80. The van der Waals surface area contributed by atoms with Gasteiger partial charge < -0.3 is 4.74 Å². The molecule has 3 atom stereocenters. The molecule has 172 valence electrons. The summed E-state index contributed by atoms with van der Waals surface area (Å²) in [5, 5.41) is 11.5. The molecule has 0 aliphatic carbocycles. The van der Waals surface area contributed by atoms with Gasteiger partial charge in [-0.25, -0.2) is 8.42 Å². The van der Waals surface area contributed by atoms with Crippen LogP contribution in [0, 0.1) is 23.0 Å². The molecule has 2 aromatic rings. The van der Waals surface area contributed by atoms with Gasteiger partial charge in [-0.1, -0.05) is 48.0 Å². The molecule has 9 heteroatoms. The molecule has 1 saturated heterocycles. The first kappa shape index (κ1) is 23.9. The Bertz CT molecular complexity index is 1040. The van der Waals surface area contributed by atoms with E-state index in [1.54, 1.807) is 43.3 Å². The van der Waals surface area contributed by atoms with Crippen molar-refractivity contribution in [3.63, 3.8) is 0 Å². The smallest absolute Gasteiger partial charge is 0.307 e. The summed E-state index contributed by atoms with van der Waals surface area (Å²) in [6.45, 7) is 3.58. The predicted octanol–water partition coefficient (Wildman–Crippen LogP) is 3.39. The largest absolute Gasteiger partial charge is 0.466 e. The van der Waals surface area contributed by atoms with Crippen LogP contribution in [0.15, 0.2) is 59.5 Å². The molecule has 0 unspecified atom stereocenters. The highest BCUT2D eigenvalue weighted by Crippen LogP contribution is 2.41. The lowest BCUT2D eigenvalue weighted by molar-refractivity contribution is -0.485. The second-order valence-corrected chi connectivity index (χ2v) is 9.88. The van der Waals surface area contributed by atoms with Crippen LogP contribution in [-0.2, 0) is 19.6 Å². The summed E-state index contributed by atoms with van der Waals surface area (Å²) < 4.78 is 33.4. The Labute approximate surface area is 188 Å². The normalized spacial score (nSPS) is 20.1. The van der Waals surface area contributed by atoms with E-state index in [1.165, 1.54) is 4.31 Å². The van der Waals surface area contributed by atoms with Gasteiger partial charge in [-0.2, -0.15) is 4.31 Å². The van der Waals surface area contributed by atoms with Crippen molar-refractivity contribution >= 4 is 16.0 Å². The zero-order valence-electron chi connectivity index (χ0n) is 18.2. The Morgan fingerprint density at radius 3 is 2.44 bits per heavy atom. The molecule has 0 radical (unpaired) electrons. The van der Waals surface area contributed by atoms with E-state index in [4.69, 9.17) is 4.74 Å². The summed E-state index contributed by atoms with van der Waals surface area (Å²) >= 11 is 0. The minimum Gasteiger partial charge on any atom is -0.466 e. The van der Waals surface area contributed by atoms with E-state index in [-0.39, 0.29) is 35.9 Å². The minimum atomic E-state index is -3.89. The summed E-state index contributed by atoms with van der Waals surface area (Å²) in [4.78, 5) is 23.7. The van der Waals surface area contributed by atoms with E-state index < -0.39 is 33.9 Å². The molecule has 3 rings (SSSR count). The van der Waals surface area contributed by atoms with Gasteiger partial charge in [0.15, 0.2) is 0 Å². The van der Waals surface area contributed by atoms with Crippen LogP contribution in [-0.4, -0.2) is 49.4 Å². The molecule has 0 aromatic heterocycles. The highest BCUT2D eigenvalue weighted by atomic mass is 32.2. The molecule has 0 N–H and O–H groups in total. The molecule has 1 aliphatic rings. The Morgan fingerprint density at radius 1 is 1.19 bits per heavy atom. The molecule has 0 spiro atoms. The molecule has 1 aliphatic heterocycles. The van der Waals surface area contributed by atoms with Crippen LogP contribution in [0.4, 0.5) is 0 Å². The fourth-order valence-electron chi connectivity index (χ4n) is 4.45. The molecular weight excluding hydrogens is 432 g/mol. The summed E-state index contributed by atoms with van der Waals surface area (Å²) in [5.74, 6) is -1.43. The molecule has 0 saturated carbocycles. The molecule has 8 nitrogen and oxygen atoms in total. The standard InChI is InChI=1S/C23H28N2O6S/c1-3-31-23(26)15-22-20(21(16-25(27)28)18-7-5-4-6-8-18)13-14-24(22)32(29,30)19-11-9-17(2)10-12-19/h4-12,20-22H,3,13-16H2,1-2H3/t20-,21-,22+/m1/s1. The third-order valence-electron chi connectivity index (χ3n) is 5.95. The zero-order chi connectivity index (χ0) is 23.3. The van der Waals surface area contributed by atoms with Crippen molar-refractivity contribution in [1.82, 2.24) is 4.31 Å². The van der Waals surface area contributed by atoms with Gasteiger partial charge >= 0.3 is 5.97 Å². The highest BCUT2D eigenvalue weighted by molar-refractivity contribution is 7.89. The third kappa shape index (κ3) is 5.34. The monoisotopic (exact) mass is 460 g/mol. The third-order valence-corrected chi connectivity index (χ3v) is 7.88. The number of rotatable bonds is 9. The predicted molar refractivity (Wildman–Crippen MR) is 119 cm³/mol. The van der Waals surface area contributed by atoms with Crippen molar-refractivity contribution in [3.8, 4) is 0 Å². The van der Waals surface area contributed by atoms with Gasteiger partial charge in [-0.05, 0) is 43.9 Å². The van der Waals surface area contributed by atoms with Crippen LogP contribution in [0.3, 0.4) is 0 Å². The summed E-state index contributed by atoms with van der Waals surface area (Å²) in [6.07, 6.45) is 0.271. The zero-order valence-corrected chi connectivity index (χ0v) is 19.0. The molecule has 0 bridgehead atoms. The Balaban J connectivity index is 2.01. The maximum atomic E-state index is 13.5. The fraction of sp³-hybridized carbons (Fsp3) is 0.435. The number of nitro groups is 1. The maximum absolute atomic E-state index is 13.5. The van der Waals surface area contributed by atoms with Gasteiger partial charge in [0.25, 0.3) is 0 Å². The molecule has 2 aromatic carbocycles. The number of benzene rings is 2. The average molecular weight is 461 g/mol. The number of ether oxygens (including phenoxy) is 1. The van der Waals surface area contributed by atoms with Crippen molar-refractivity contribution in [2.24, 2.45) is 5.92 Å². The Morgan fingerprint density at radius 2 is 1.84 bits per heavy atom. The maximum Gasteiger partial charge on any atom is 0.307 e. The van der Waals surface area contributed by atoms with Crippen molar-refractivity contribution in [2.45, 2.75) is 43.5 Å². The number of carbonyl (C=O) groups is 1. The summed E-state index contributed by atoms with van der Waals surface area (Å²) in [5.41, 5.74) is 1.69. The van der Waals surface area contributed by atoms with E-state index in [2.05, 4.69) is 0 Å². The number of hydrogen-bond acceptors (Lipinski definition) is 6. The molecular formula is C23H28N2O6S. The SMILES string of the molecule is CCOC(=O)C[C@H]1[C@@H]([C@H](C[N+](=O)[O-])c2ccccc2)CCN1S(=O)(=O)c1ccc(C)cc1. The van der Waals surface area contributed by atoms with E-state index in [0.717, 1.165) is 11.1 Å². The number of esters is 1. The molecule has 0 amide bonds. The van der Waals surface area contributed by atoms with Crippen molar-refractivity contribution in [1.29, 1.82) is 0 Å². The van der Waals surface area contributed by atoms with Gasteiger partial charge in [0.05, 0.1) is 23.8 Å². The van der Waals surface area contributed by atoms with Gasteiger partial charge in [0, 0.05) is 17.5 Å². The number of hydrogen-bond donors (Lipinski definition) is 0. The Hall–Kier alpha value is -2.78. The van der Waals surface area contributed by atoms with Gasteiger partial charge in [0.1, 0.15) is 0 Å². The van der Waals surface area contributed by atoms with E-state index in [1.807, 2.05) is 25.1 Å². The van der Waals surface area contributed by atoms with Crippen LogP contribution in [0.1, 0.15) is 36.8 Å². The molecule has 1 fully saturated rings. The van der Waals surface area contributed by atoms with Crippen molar-refractivity contribution < 1.29 is 22.9 Å². The lowest BCUT2D eigenvalue weighted by Gasteiger charge is -2.30. The van der Waals surface area contributed by atoms with Crippen LogP contribution in [0.25, 0.3) is 0 Å². The van der Waals surface area contributed by atoms with E-state index in [0.29, 0.717) is 6.42 Å². The second-order valence-electron chi connectivity index (χ2n) is 7.99. The topological polar surface area (TPSA) is 107 Å².